The van der Waals surface area contributed by atoms with Gasteiger partial charge in [0.1, 0.15) is 6.54 Å². The Hall–Kier alpha value is -1.49. The minimum absolute atomic E-state index is 0.00823. The van der Waals surface area contributed by atoms with E-state index in [9.17, 15) is 9.59 Å². The monoisotopic (exact) mass is 264 g/mol. The van der Waals surface area contributed by atoms with Crippen molar-refractivity contribution < 1.29 is 9.59 Å². The highest BCUT2D eigenvalue weighted by molar-refractivity contribution is 8.13. The van der Waals surface area contributed by atoms with E-state index in [2.05, 4.69) is 5.32 Å². The second kappa shape index (κ2) is 5.44. The number of nitrogens with zero attached hydrogens (tertiary/aromatic N) is 1. The summed E-state index contributed by atoms with van der Waals surface area (Å²) in [5.41, 5.74) is 2.94. The van der Waals surface area contributed by atoms with Gasteiger partial charge >= 0.3 is 0 Å². The number of hydrogen-bond acceptors (Lipinski definition) is 3. The van der Waals surface area contributed by atoms with Gasteiger partial charge in [-0.3, -0.25) is 9.59 Å². The second-order valence-electron chi connectivity index (χ2n) is 4.40. The Kier molecular flexibility index (Phi) is 3.91. The molecule has 1 aliphatic rings. The Bertz CT molecular complexity index is 488. The zero-order valence-electron chi connectivity index (χ0n) is 10.5. The van der Waals surface area contributed by atoms with E-state index in [0.29, 0.717) is 6.54 Å². The van der Waals surface area contributed by atoms with Crippen LogP contribution in [0.1, 0.15) is 11.1 Å². The van der Waals surface area contributed by atoms with Crippen molar-refractivity contribution in [1.29, 1.82) is 0 Å². The van der Waals surface area contributed by atoms with Gasteiger partial charge in [-0.25, -0.2) is 0 Å². The Morgan fingerprint density at radius 3 is 2.89 bits per heavy atom. The zero-order valence-corrected chi connectivity index (χ0v) is 11.3. The maximum Gasteiger partial charge on any atom is 0.282 e. The Morgan fingerprint density at radius 2 is 2.22 bits per heavy atom. The average Bonchev–Trinajstić information content (AvgIpc) is 2.70. The number of aryl methyl sites for hydroxylation is 2. The fraction of sp³-hybridized carbons (Fsp3) is 0.385. The summed E-state index contributed by atoms with van der Waals surface area (Å²) in [5, 5.41) is 2.85. The lowest BCUT2D eigenvalue weighted by atomic mass is 10.1. The highest BCUT2D eigenvalue weighted by atomic mass is 32.2. The summed E-state index contributed by atoms with van der Waals surface area (Å²) in [6.45, 7) is 4.73. The largest absolute Gasteiger partial charge is 0.324 e. The smallest absolute Gasteiger partial charge is 0.282 e. The van der Waals surface area contributed by atoms with E-state index in [0.717, 1.165) is 22.6 Å². The molecule has 1 aliphatic heterocycles. The number of amides is 2. The van der Waals surface area contributed by atoms with E-state index in [1.807, 2.05) is 32.0 Å². The van der Waals surface area contributed by atoms with Gasteiger partial charge in [0.2, 0.25) is 5.91 Å². The van der Waals surface area contributed by atoms with Gasteiger partial charge in [-0.05, 0) is 31.0 Å². The van der Waals surface area contributed by atoms with Crippen LogP contribution in [0.4, 0.5) is 10.5 Å². The minimum Gasteiger partial charge on any atom is -0.324 e. The molecule has 2 rings (SSSR count). The van der Waals surface area contributed by atoms with Crippen molar-refractivity contribution in [3.63, 3.8) is 0 Å². The molecule has 1 fully saturated rings. The van der Waals surface area contributed by atoms with E-state index in [1.54, 1.807) is 4.90 Å². The van der Waals surface area contributed by atoms with Gasteiger partial charge in [-0.1, -0.05) is 23.9 Å². The van der Waals surface area contributed by atoms with Crippen LogP contribution in [0.15, 0.2) is 18.2 Å². The fourth-order valence-electron chi connectivity index (χ4n) is 1.80. The maximum atomic E-state index is 11.9. The molecule has 2 amide bonds. The van der Waals surface area contributed by atoms with Crippen molar-refractivity contribution in [2.24, 2.45) is 0 Å². The molecule has 1 aromatic carbocycles. The number of hydrogen-bond donors (Lipinski definition) is 1. The topological polar surface area (TPSA) is 49.4 Å². The van der Waals surface area contributed by atoms with Crippen molar-refractivity contribution in [3.8, 4) is 0 Å². The third-order valence-electron chi connectivity index (χ3n) is 2.85. The molecule has 0 bridgehead atoms. The first-order chi connectivity index (χ1) is 8.56. The van der Waals surface area contributed by atoms with Gasteiger partial charge in [0.05, 0.1) is 0 Å². The third-order valence-corrected chi connectivity index (χ3v) is 3.74. The van der Waals surface area contributed by atoms with Crippen LogP contribution in [-0.2, 0) is 4.79 Å². The lowest BCUT2D eigenvalue weighted by molar-refractivity contribution is -0.116. The standard InChI is InChI=1S/C13H16N2O2S/c1-9-3-4-10(2)11(7-9)14-12(16)8-15-5-6-18-13(15)17/h3-4,7H,5-6,8H2,1-2H3,(H,14,16). The van der Waals surface area contributed by atoms with Gasteiger partial charge in [-0.15, -0.1) is 0 Å². The van der Waals surface area contributed by atoms with Crippen molar-refractivity contribution >= 4 is 28.6 Å². The van der Waals surface area contributed by atoms with E-state index >= 15 is 0 Å². The number of carbonyl (C=O) groups is 2. The van der Waals surface area contributed by atoms with E-state index < -0.39 is 0 Å². The molecule has 0 atom stereocenters. The number of anilines is 1. The van der Waals surface area contributed by atoms with Crippen molar-refractivity contribution in [3.05, 3.63) is 29.3 Å². The molecule has 0 saturated carbocycles. The predicted molar refractivity (Wildman–Crippen MR) is 74.0 cm³/mol. The molecule has 96 valence electrons. The molecule has 5 heteroatoms. The molecular formula is C13H16N2O2S. The van der Waals surface area contributed by atoms with Crippen LogP contribution < -0.4 is 5.32 Å². The minimum atomic E-state index is -0.139. The summed E-state index contributed by atoms with van der Waals surface area (Å²) in [6, 6.07) is 5.92. The van der Waals surface area contributed by atoms with Crippen LogP contribution in [0.2, 0.25) is 0 Å². The van der Waals surface area contributed by atoms with Crippen molar-refractivity contribution in [1.82, 2.24) is 4.90 Å². The van der Waals surface area contributed by atoms with Crippen LogP contribution in [0, 0.1) is 13.8 Å². The number of thioether (sulfide) groups is 1. The lowest BCUT2D eigenvalue weighted by Gasteiger charge is -2.15. The maximum absolute atomic E-state index is 11.9. The van der Waals surface area contributed by atoms with Crippen LogP contribution in [0.25, 0.3) is 0 Å². The molecule has 1 N–H and O–H groups in total. The molecule has 0 aliphatic carbocycles. The zero-order chi connectivity index (χ0) is 13.1. The summed E-state index contributed by atoms with van der Waals surface area (Å²) in [4.78, 5) is 24.8. The summed E-state index contributed by atoms with van der Waals surface area (Å²) < 4.78 is 0. The van der Waals surface area contributed by atoms with Crippen molar-refractivity contribution in [2.75, 3.05) is 24.2 Å². The normalized spacial score (nSPS) is 15.0. The summed E-state index contributed by atoms with van der Waals surface area (Å²) >= 11 is 1.27. The van der Waals surface area contributed by atoms with E-state index in [4.69, 9.17) is 0 Å². The lowest BCUT2D eigenvalue weighted by Crippen LogP contribution is -2.33. The van der Waals surface area contributed by atoms with Crippen LogP contribution >= 0.6 is 11.8 Å². The molecule has 1 aromatic rings. The van der Waals surface area contributed by atoms with Crippen molar-refractivity contribution in [2.45, 2.75) is 13.8 Å². The van der Waals surface area contributed by atoms with E-state index in [-0.39, 0.29) is 17.7 Å². The van der Waals surface area contributed by atoms with E-state index in [1.165, 1.54) is 11.8 Å². The number of rotatable bonds is 3. The molecule has 18 heavy (non-hydrogen) atoms. The first-order valence-electron chi connectivity index (χ1n) is 5.85. The molecule has 0 radical (unpaired) electrons. The first-order valence-corrected chi connectivity index (χ1v) is 6.83. The number of nitrogens with one attached hydrogen (secondary N) is 1. The molecule has 1 heterocycles. The number of benzene rings is 1. The molecule has 0 unspecified atom stereocenters. The average molecular weight is 264 g/mol. The van der Waals surface area contributed by atoms with Gasteiger partial charge < -0.3 is 10.2 Å². The first kappa shape index (κ1) is 13.0. The van der Waals surface area contributed by atoms with Gasteiger partial charge in [0.15, 0.2) is 0 Å². The molecular weight excluding hydrogens is 248 g/mol. The highest BCUT2D eigenvalue weighted by Crippen LogP contribution is 2.18. The third kappa shape index (κ3) is 3.04. The predicted octanol–water partition coefficient (Wildman–Crippen LogP) is 2.41. The van der Waals surface area contributed by atoms with Gasteiger partial charge in [0.25, 0.3) is 5.24 Å². The summed E-state index contributed by atoms with van der Waals surface area (Å²) in [7, 11) is 0. The van der Waals surface area contributed by atoms with Gasteiger partial charge in [-0.2, -0.15) is 0 Å². The quantitative estimate of drug-likeness (QED) is 0.912. The summed E-state index contributed by atoms with van der Waals surface area (Å²) in [6.07, 6.45) is 0. The molecule has 0 aromatic heterocycles. The molecule has 1 saturated heterocycles. The summed E-state index contributed by atoms with van der Waals surface area (Å²) in [5.74, 6) is 0.634. The van der Waals surface area contributed by atoms with Gasteiger partial charge in [0, 0.05) is 18.0 Å². The number of carbonyl (C=O) groups excluding carboxylic acids is 2. The second-order valence-corrected chi connectivity index (χ2v) is 5.45. The molecule has 0 spiro atoms. The SMILES string of the molecule is Cc1ccc(C)c(NC(=O)CN2CCSC2=O)c1. The Morgan fingerprint density at radius 1 is 1.44 bits per heavy atom. The van der Waals surface area contributed by atoms with Crippen LogP contribution in [0.5, 0.6) is 0 Å². The van der Waals surface area contributed by atoms with Crippen LogP contribution in [0.3, 0.4) is 0 Å². The Labute approximate surface area is 111 Å². The fourth-order valence-corrected chi connectivity index (χ4v) is 2.63. The highest BCUT2D eigenvalue weighted by Gasteiger charge is 2.23. The Balaban J connectivity index is 1.98. The molecule has 4 nitrogen and oxygen atoms in total. The van der Waals surface area contributed by atoms with Crippen LogP contribution in [-0.4, -0.2) is 34.9 Å².